The van der Waals surface area contributed by atoms with E-state index < -0.39 is 11.4 Å². The topological polar surface area (TPSA) is 37.3 Å². The number of aliphatic carboxylic acids is 1. The van der Waals surface area contributed by atoms with E-state index in [0.29, 0.717) is 11.8 Å². The molecule has 0 spiro atoms. The van der Waals surface area contributed by atoms with Crippen LogP contribution in [0.5, 0.6) is 0 Å². The van der Waals surface area contributed by atoms with Crippen LogP contribution >= 0.6 is 0 Å². The molecule has 0 amide bonds. The monoisotopic (exact) mass is 365 g/mol. The Balaban J connectivity index is 0.00000192. The second kappa shape index (κ2) is 6.41. The zero-order valence-electron chi connectivity index (χ0n) is 14.8. The standard InChI is InChI=1S/C20H30O2.Cu/c1-13(2)14-6-8-16-15(12-14)7-9-17-19(16,3)10-5-11-20(17,4)18(21)22;/h7,12-13,16-17H,5-6,8-11H2,1-4H3,(H,21,22);/t16-,17+,19+,20+;/m0./s1. The molecular formula is C20H30CuO2. The van der Waals surface area contributed by atoms with Gasteiger partial charge >= 0.3 is 5.97 Å². The van der Waals surface area contributed by atoms with Crippen LogP contribution in [0.3, 0.4) is 0 Å². The van der Waals surface area contributed by atoms with Crippen molar-refractivity contribution in [2.24, 2.45) is 28.6 Å². The summed E-state index contributed by atoms with van der Waals surface area (Å²) in [5, 5.41) is 9.83. The zero-order chi connectivity index (χ0) is 16.1. The molecule has 1 saturated carbocycles. The molecule has 0 aromatic heterocycles. The molecule has 3 aliphatic rings. The summed E-state index contributed by atoms with van der Waals surface area (Å²) in [6, 6.07) is 0. The van der Waals surface area contributed by atoms with Gasteiger partial charge in [0.25, 0.3) is 0 Å². The molecule has 0 saturated heterocycles. The van der Waals surface area contributed by atoms with Gasteiger partial charge < -0.3 is 5.11 Å². The van der Waals surface area contributed by atoms with Gasteiger partial charge in [0, 0.05) is 17.1 Å². The molecule has 3 aliphatic carbocycles. The largest absolute Gasteiger partial charge is 0.481 e. The molecule has 0 unspecified atom stereocenters. The van der Waals surface area contributed by atoms with Crippen molar-refractivity contribution in [2.75, 3.05) is 0 Å². The van der Waals surface area contributed by atoms with Gasteiger partial charge in [-0.25, -0.2) is 0 Å². The Hall–Kier alpha value is -0.531. The first-order chi connectivity index (χ1) is 10.3. The minimum atomic E-state index is -0.588. The average molecular weight is 366 g/mol. The maximum Gasteiger partial charge on any atom is 0.309 e. The molecule has 1 fully saturated rings. The third-order valence-electron chi connectivity index (χ3n) is 7.07. The molecule has 0 heterocycles. The van der Waals surface area contributed by atoms with Gasteiger partial charge in [0.15, 0.2) is 0 Å². The van der Waals surface area contributed by atoms with Gasteiger partial charge in [-0.3, -0.25) is 4.79 Å². The number of hydrogen-bond acceptors (Lipinski definition) is 1. The van der Waals surface area contributed by atoms with Crippen molar-refractivity contribution in [3.05, 3.63) is 23.3 Å². The van der Waals surface area contributed by atoms with Gasteiger partial charge in [0.05, 0.1) is 5.41 Å². The quantitative estimate of drug-likeness (QED) is 0.682. The Kier molecular flexibility index (Phi) is 5.24. The van der Waals surface area contributed by atoms with Gasteiger partial charge in [-0.2, -0.15) is 0 Å². The van der Waals surface area contributed by atoms with Crippen LogP contribution < -0.4 is 0 Å². The molecule has 0 aromatic carbocycles. The maximum atomic E-state index is 11.9. The van der Waals surface area contributed by atoms with Gasteiger partial charge in [0.2, 0.25) is 0 Å². The number of rotatable bonds is 2. The first-order valence-electron chi connectivity index (χ1n) is 8.93. The van der Waals surface area contributed by atoms with Crippen LogP contribution in [0.2, 0.25) is 0 Å². The molecule has 3 rings (SSSR count). The normalized spacial score (nSPS) is 39.5. The zero-order valence-corrected chi connectivity index (χ0v) is 15.7. The van der Waals surface area contributed by atoms with Crippen LogP contribution in [0.1, 0.15) is 66.2 Å². The SMILES string of the molecule is CC(C)C1=CC2=CC[C@@H]3[C@](C)(CCC[C@@]3(C)C(=O)O)[C@H]2CC1.[Cu]. The van der Waals surface area contributed by atoms with E-state index in [-0.39, 0.29) is 28.4 Å². The van der Waals surface area contributed by atoms with E-state index in [4.69, 9.17) is 0 Å². The summed E-state index contributed by atoms with van der Waals surface area (Å²) in [6.07, 6.45) is 11.2. The van der Waals surface area contributed by atoms with Gasteiger partial charge in [0.1, 0.15) is 0 Å². The second-order valence-corrected chi connectivity index (χ2v) is 8.54. The van der Waals surface area contributed by atoms with E-state index in [1.54, 1.807) is 5.57 Å². The predicted octanol–water partition coefficient (Wildman–Crippen LogP) is 5.20. The molecule has 0 aromatic rings. The molecule has 23 heavy (non-hydrogen) atoms. The summed E-state index contributed by atoms with van der Waals surface area (Å²) < 4.78 is 0. The van der Waals surface area contributed by atoms with E-state index in [2.05, 4.69) is 32.9 Å². The Morgan fingerprint density at radius 1 is 1.30 bits per heavy atom. The van der Waals surface area contributed by atoms with Crippen molar-refractivity contribution in [1.29, 1.82) is 0 Å². The summed E-state index contributed by atoms with van der Waals surface area (Å²) >= 11 is 0. The number of carbonyl (C=O) groups is 1. The number of carboxylic acid groups (broad SMARTS) is 1. The van der Waals surface area contributed by atoms with Gasteiger partial charge in [-0.15, -0.1) is 0 Å². The number of allylic oxidation sites excluding steroid dienone is 4. The molecule has 4 atom stereocenters. The van der Waals surface area contributed by atoms with Crippen LogP contribution in [0.25, 0.3) is 0 Å². The van der Waals surface area contributed by atoms with Crippen molar-refractivity contribution >= 4 is 5.97 Å². The molecule has 133 valence electrons. The third-order valence-corrected chi connectivity index (χ3v) is 7.07. The number of carboxylic acids is 1. The minimum Gasteiger partial charge on any atom is -0.481 e. The summed E-state index contributed by atoms with van der Waals surface area (Å²) in [5.74, 6) is 0.888. The fourth-order valence-electron chi connectivity index (χ4n) is 5.60. The molecule has 0 aliphatic heterocycles. The third kappa shape index (κ3) is 2.85. The smallest absolute Gasteiger partial charge is 0.309 e. The van der Waals surface area contributed by atoms with E-state index in [1.807, 2.05) is 6.92 Å². The summed E-state index contributed by atoms with van der Waals surface area (Å²) in [7, 11) is 0. The maximum absolute atomic E-state index is 11.9. The number of fused-ring (bicyclic) bond motifs is 3. The van der Waals surface area contributed by atoms with E-state index in [0.717, 1.165) is 19.3 Å². The number of hydrogen-bond donors (Lipinski definition) is 1. The predicted molar refractivity (Wildman–Crippen MR) is 89.5 cm³/mol. The average Bonchev–Trinajstić information content (AvgIpc) is 2.46. The first-order valence-corrected chi connectivity index (χ1v) is 8.93. The van der Waals surface area contributed by atoms with Crippen molar-refractivity contribution in [3.63, 3.8) is 0 Å². The summed E-state index contributed by atoms with van der Waals surface area (Å²) in [4.78, 5) is 11.9. The molecule has 3 heteroatoms. The molecule has 0 bridgehead atoms. The van der Waals surface area contributed by atoms with Crippen LogP contribution in [0, 0.1) is 28.6 Å². The van der Waals surface area contributed by atoms with Crippen LogP contribution in [0.4, 0.5) is 0 Å². The van der Waals surface area contributed by atoms with E-state index in [1.165, 1.54) is 24.8 Å². The van der Waals surface area contributed by atoms with Crippen LogP contribution in [-0.2, 0) is 21.9 Å². The Labute approximate surface area is 151 Å². The Bertz CT molecular complexity index is 548. The Morgan fingerprint density at radius 2 is 2.00 bits per heavy atom. The fraction of sp³-hybridized carbons (Fsp3) is 0.750. The van der Waals surface area contributed by atoms with Crippen molar-refractivity contribution < 1.29 is 27.0 Å². The van der Waals surface area contributed by atoms with Crippen molar-refractivity contribution in [1.82, 2.24) is 0 Å². The summed E-state index contributed by atoms with van der Waals surface area (Å²) in [5.41, 5.74) is 2.69. The minimum absolute atomic E-state index is 0. The van der Waals surface area contributed by atoms with Gasteiger partial charge in [-0.05, 0) is 67.8 Å². The Morgan fingerprint density at radius 3 is 2.61 bits per heavy atom. The van der Waals surface area contributed by atoms with E-state index in [9.17, 15) is 9.90 Å². The van der Waals surface area contributed by atoms with Crippen LogP contribution in [-0.4, -0.2) is 11.1 Å². The molecule has 1 radical (unpaired) electrons. The summed E-state index contributed by atoms with van der Waals surface area (Å²) in [6.45, 7) is 8.93. The second-order valence-electron chi connectivity index (χ2n) is 8.54. The fourth-order valence-corrected chi connectivity index (χ4v) is 5.60. The van der Waals surface area contributed by atoms with Gasteiger partial charge in [-0.1, -0.05) is 44.9 Å². The van der Waals surface area contributed by atoms with Crippen molar-refractivity contribution in [3.8, 4) is 0 Å². The first kappa shape index (κ1) is 18.8. The van der Waals surface area contributed by atoms with E-state index >= 15 is 0 Å². The van der Waals surface area contributed by atoms with Crippen molar-refractivity contribution in [2.45, 2.75) is 66.2 Å². The van der Waals surface area contributed by atoms with Crippen LogP contribution in [0.15, 0.2) is 23.3 Å². The molecular weight excluding hydrogens is 336 g/mol. The molecule has 1 N–H and O–H groups in total. The molecule has 2 nitrogen and oxygen atoms in total.